The van der Waals surface area contributed by atoms with Crippen LogP contribution in [0.1, 0.15) is 43.7 Å². The number of hydrogen-bond donors (Lipinski definition) is 2. The first-order valence-corrected chi connectivity index (χ1v) is 9.39. The van der Waals surface area contributed by atoms with Crippen molar-refractivity contribution in [1.29, 1.82) is 0 Å². The molecule has 0 aliphatic carbocycles. The summed E-state index contributed by atoms with van der Waals surface area (Å²) in [6.45, 7) is 4.36. The van der Waals surface area contributed by atoms with E-state index in [0.29, 0.717) is 30.4 Å². The van der Waals surface area contributed by atoms with E-state index in [1.165, 1.54) is 6.07 Å². The molecule has 0 aliphatic heterocycles. The monoisotopic (exact) mass is 572 g/mol. The topological polar surface area (TPSA) is 71.7 Å². The third-order valence-electron chi connectivity index (χ3n) is 3.59. The van der Waals surface area contributed by atoms with Gasteiger partial charge >= 0.3 is 6.61 Å². The number of aliphatic imine (C=N–C) groups is 1. The summed E-state index contributed by atoms with van der Waals surface area (Å²) >= 11 is 3.33. The van der Waals surface area contributed by atoms with Crippen LogP contribution >= 0.6 is 39.9 Å². The molecular formula is C18H24BrF2IN4O2. The number of alkyl halides is 2. The molecule has 0 atom stereocenters. The van der Waals surface area contributed by atoms with Crippen molar-refractivity contribution >= 4 is 45.9 Å². The molecule has 28 heavy (non-hydrogen) atoms. The molecule has 2 aromatic rings. The van der Waals surface area contributed by atoms with Gasteiger partial charge in [0, 0.05) is 22.6 Å². The normalized spacial score (nSPS) is 11.5. The Hall–Kier alpha value is -1.43. The van der Waals surface area contributed by atoms with Gasteiger partial charge in [-0.05, 0) is 31.0 Å². The van der Waals surface area contributed by atoms with Crippen LogP contribution in [0, 0.1) is 0 Å². The Bertz CT molecular complexity index is 772. The zero-order valence-electron chi connectivity index (χ0n) is 15.8. The first-order chi connectivity index (χ1) is 12.9. The molecule has 0 bridgehead atoms. The van der Waals surface area contributed by atoms with Gasteiger partial charge in [0.05, 0.1) is 18.8 Å². The zero-order chi connectivity index (χ0) is 19.8. The van der Waals surface area contributed by atoms with E-state index < -0.39 is 6.61 Å². The molecule has 6 nitrogen and oxygen atoms in total. The van der Waals surface area contributed by atoms with Crippen molar-refractivity contribution in [3.8, 4) is 5.75 Å². The SMILES string of the molecule is CCNC(=NCc1cc(Br)ccc1OC(F)F)NCc1cc(C(C)C)no1.I. The molecule has 1 heterocycles. The molecule has 0 saturated heterocycles. The minimum atomic E-state index is -2.89. The summed E-state index contributed by atoms with van der Waals surface area (Å²) in [5, 5.41) is 10.3. The molecule has 2 N–H and O–H groups in total. The zero-order valence-corrected chi connectivity index (χ0v) is 19.8. The van der Waals surface area contributed by atoms with Crippen LogP contribution in [0.5, 0.6) is 5.75 Å². The van der Waals surface area contributed by atoms with Gasteiger partial charge in [0.15, 0.2) is 11.7 Å². The molecule has 0 aliphatic rings. The molecule has 0 radical (unpaired) electrons. The van der Waals surface area contributed by atoms with Crippen LogP contribution in [0.3, 0.4) is 0 Å². The van der Waals surface area contributed by atoms with Crippen LogP contribution in [0.4, 0.5) is 8.78 Å². The number of halogens is 4. The van der Waals surface area contributed by atoms with Gasteiger partial charge in [-0.3, -0.25) is 0 Å². The highest BCUT2D eigenvalue weighted by atomic mass is 127. The lowest BCUT2D eigenvalue weighted by Gasteiger charge is -2.12. The summed E-state index contributed by atoms with van der Waals surface area (Å²) in [5.41, 5.74) is 1.43. The van der Waals surface area contributed by atoms with Crippen LogP contribution in [-0.2, 0) is 13.1 Å². The van der Waals surface area contributed by atoms with Gasteiger partial charge in [-0.15, -0.1) is 24.0 Å². The minimum Gasteiger partial charge on any atom is -0.434 e. The molecule has 1 aromatic carbocycles. The number of nitrogens with zero attached hydrogens (tertiary/aromatic N) is 2. The lowest BCUT2D eigenvalue weighted by atomic mass is 10.1. The second-order valence-corrected chi connectivity index (χ2v) is 6.97. The number of ether oxygens (including phenoxy) is 1. The first-order valence-electron chi connectivity index (χ1n) is 8.60. The lowest BCUT2D eigenvalue weighted by molar-refractivity contribution is -0.0504. The van der Waals surface area contributed by atoms with Crippen molar-refractivity contribution in [2.75, 3.05) is 6.54 Å². The van der Waals surface area contributed by atoms with Gasteiger partial charge in [-0.25, -0.2) is 4.99 Å². The number of rotatable bonds is 8. The highest BCUT2D eigenvalue weighted by Crippen LogP contribution is 2.25. The van der Waals surface area contributed by atoms with Crippen molar-refractivity contribution < 1.29 is 18.0 Å². The molecule has 0 fully saturated rings. The standard InChI is InChI=1S/C18H23BrF2N4O2.HI/c1-4-22-18(24-10-14-8-15(11(2)3)25-27-14)23-9-12-7-13(19)5-6-16(12)26-17(20)21;/h5-8,11,17H,4,9-10H2,1-3H3,(H2,22,23,24);1H. The maximum Gasteiger partial charge on any atom is 0.387 e. The van der Waals surface area contributed by atoms with E-state index in [0.717, 1.165) is 10.2 Å². The Labute approximate surface area is 188 Å². The molecule has 0 saturated carbocycles. The van der Waals surface area contributed by atoms with Crippen LogP contribution in [-0.4, -0.2) is 24.3 Å². The summed E-state index contributed by atoms with van der Waals surface area (Å²) in [6.07, 6.45) is 0. The minimum absolute atomic E-state index is 0. The van der Waals surface area contributed by atoms with E-state index in [-0.39, 0.29) is 42.2 Å². The van der Waals surface area contributed by atoms with Gasteiger partial charge < -0.3 is 19.9 Å². The van der Waals surface area contributed by atoms with Crippen molar-refractivity contribution in [2.24, 2.45) is 4.99 Å². The molecule has 0 unspecified atom stereocenters. The fourth-order valence-electron chi connectivity index (χ4n) is 2.24. The number of hydrogen-bond acceptors (Lipinski definition) is 4. The van der Waals surface area contributed by atoms with E-state index in [1.807, 2.05) is 26.8 Å². The Morgan fingerprint density at radius 1 is 1.29 bits per heavy atom. The van der Waals surface area contributed by atoms with Gasteiger partial charge in [-0.1, -0.05) is 34.9 Å². The number of guanidine groups is 1. The second kappa shape index (κ2) is 12.2. The van der Waals surface area contributed by atoms with Crippen molar-refractivity contribution in [3.05, 3.63) is 45.8 Å². The Kier molecular flexibility index (Phi) is 10.7. The van der Waals surface area contributed by atoms with Crippen LogP contribution < -0.4 is 15.4 Å². The highest BCUT2D eigenvalue weighted by Gasteiger charge is 2.11. The van der Waals surface area contributed by atoms with E-state index in [9.17, 15) is 8.78 Å². The Morgan fingerprint density at radius 2 is 2.04 bits per heavy atom. The Morgan fingerprint density at radius 3 is 2.64 bits per heavy atom. The quantitative estimate of drug-likeness (QED) is 0.264. The molecule has 10 heteroatoms. The molecule has 0 spiro atoms. The molecule has 0 amide bonds. The van der Waals surface area contributed by atoms with E-state index in [4.69, 9.17) is 4.52 Å². The highest BCUT2D eigenvalue weighted by molar-refractivity contribution is 14.0. The summed E-state index contributed by atoms with van der Waals surface area (Å²) < 4.78 is 35.8. The summed E-state index contributed by atoms with van der Waals surface area (Å²) in [7, 11) is 0. The fourth-order valence-corrected chi connectivity index (χ4v) is 2.65. The van der Waals surface area contributed by atoms with E-state index in [2.05, 4.69) is 41.4 Å². The van der Waals surface area contributed by atoms with Crippen molar-refractivity contribution in [2.45, 2.75) is 46.4 Å². The predicted octanol–water partition coefficient (Wildman–Crippen LogP) is 5.04. The molecule has 1 aromatic heterocycles. The largest absolute Gasteiger partial charge is 0.434 e. The average molecular weight is 573 g/mol. The summed E-state index contributed by atoms with van der Waals surface area (Å²) in [4.78, 5) is 4.44. The molecule has 2 rings (SSSR count). The van der Waals surface area contributed by atoms with E-state index in [1.54, 1.807) is 12.1 Å². The third-order valence-corrected chi connectivity index (χ3v) is 4.08. The van der Waals surface area contributed by atoms with Crippen molar-refractivity contribution in [1.82, 2.24) is 15.8 Å². The summed E-state index contributed by atoms with van der Waals surface area (Å²) in [5.74, 6) is 1.61. The number of aromatic nitrogens is 1. The van der Waals surface area contributed by atoms with Crippen LogP contribution in [0.25, 0.3) is 0 Å². The van der Waals surface area contributed by atoms with Crippen LogP contribution in [0.2, 0.25) is 0 Å². The van der Waals surface area contributed by atoms with Gasteiger partial charge in [-0.2, -0.15) is 8.78 Å². The van der Waals surface area contributed by atoms with Gasteiger partial charge in [0.25, 0.3) is 0 Å². The smallest absolute Gasteiger partial charge is 0.387 e. The van der Waals surface area contributed by atoms with Gasteiger partial charge in [0.1, 0.15) is 5.75 Å². The third kappa shape index (κ3) is 7.90. The number of nitrogens with one attached hydrogen (secondary N) is 2. The number of benzene rings is 1. The predicted molar refractivity (Wildman–Crippen MR) is 118 cm³/mol. The first kappa shape index (κ1) is 24.6. The second-order valence-electron chi connectivity index (χ2n) is 6.05. The van der Waals surface area contributed by atoms with E-state index >= 15 is 0 Å². The lowest BCUT2D eigenvalue weighted by Crippen LogP contribution is -2.36. The average Bonchev–Trinajstić information content (AvgIpc) is 3.08. The van der Waals surface area contributed by atoms with Crippen LogP contribution in [0.15, 0.2) is 38.3 Å². The molecule has 156 valence electrons. The fraction of sp³-hybridized carbons (Fsp3) is 0.444. The molecular weight excluding hydrogens is 549 g/mol. The maximum absolute atomic E-state index is 12.6. The summed E-state index contributed by atoms with van der Waals surface area (Å²) in [6, 6.07) is 6.73. The van der Waals surface area contributed by atoms with Crippen molar-refractivity contribution in [3.63, 3.8) is 0 Å². The van der Waals surface area contributed by atoms with Gasteiger partial charge in [0.2, 0.25) is 0 Å². The Balaban J connectivity index is 0.00000392. The maximum atomic E-state index is 12.6.